The molecule has 11 heteroatoms. The van der Waals surface area contributed by atoms with E-state index in [0.717, 1.165) is 22.4 Å². The fourth-order valence-electron chi connectivity index (χ4n) is 4.01. The number of nitrogens with one attached hydrogen (secondary N) is 1. The number of hydrogen-bond donors (Lipinski definition) is 1. The minimum Gasteiger partial charge on any atom is -0.359 e. The quantitative estimate of drug-likeness (QED) is 0.115. The molecule has 0 bridgehead atoms. The maximum atomic E-state index is 13.6. The first-order chi connectivity index (χ1) is 18.3. The van der Waals surface area contributed by atoms with Crippen LogP contribution in [0.2, 0.25) is 0 Å². The fourth-order valence-corrected chi connectivity index (χ4v) is 4.38. The SMILES string of the molecule is CSNc1ccc(C(CN(C(=O)c2ccc(CON=O)cc2)C(C)C)c2ccc(CO[N+](=O)[O-])cc2)cc1. The summed E-state index contributed by atoms with van der Waals surface area (Å²) < 4.78 is 3.21. The van der Waals surface area contributed by atoms with Crippen molar-refractivity contribution < 1.29 is 19.6 Å². The Morgan fingerprint density at radius 2 is 1.53 bits per heavy atom. The third-order valence-electron chi connectivity index (χ3n) is 6.00. The third kappa shape index (κ3) is 7.94. The van der Waals surface area contributed by atoms with Gasteiger partial charge in [-0.15, -0.1) is 15.0 Å². The molecule has 3 aromatic rings. The summed E-state index contributed by atoms with van der Waals surface area (Å²) in [4.78, 5) is 45.2. The van der Waals surface area contributed by atoms with Crippen molar-refractivity contribution in [1.82, 2.24) is 4.90 Å². The second-order valence-electron chi connectivity index (χ2n) is 8.82. The lowest BCUT2D eigenvalue weighted by Gasteiger charge is -2.32. The van der Waals surface area contributed by atoms with E-state index in [0.29, 0.717) is 17.7 Å². The topological polar surface area (TPSA) is 123 Å². The molecule has 38 heavy (non-hydrogen) atoms. The van der Waals surface area contributed by atoms with Crippen molar-refractivity contribution in [3.05, 3.63) is 116 Å². The first-order valence-corrected chi connectivity index (χ1v) is 13.1. The summed E-state index contributed by atoms with van der Waals surface area (Å²) in [6.45, 7) is 4.26. The van der Waals surface area contributed by atoms with Crippen LogP contribution >= 0.6 is 11.9 Å². The van der Waals surface area contributed by atoms with Crippen LogP contribution in [0, 0.1) is 15.0 Å². The Kier molecular flexibility index (Phi) is 10.5. The van der Waals surface area contributed by atoms with Crippen LogP contribution in [0.15, 0.2) is 78.1 Å². The van der Waals surface area contributed by atoms with Crippen LogP contribution in [0.4, 0.5) is 5.69 Å². The molecular formula is C27H30N4O6S. The van der Waals surface area contributed by atoms with Gasteiger partial charge in [0.15, 0.2) is 5.34 Å². The Labute approximate surface area is 225 Å². The lowest BCUT2D eigenvalue weighted by atomic mass is 9.89. The molecule has 0 spiro atoms. The molecular weight excluding hydrogens is 508 g/mol. The van der Waals surface area contributed by atoms with Gasteiger partial charge in [-0.2, -0.15) is 0 Å². The van der Waals surface area contributed by atoms with E-state index in [1.165, 1.54) is 11.9 Å². The van der Waals surface area contributed by atoms with Crippen molar-refractivity contribution in [1.29, 1.82) is 0 Å². The second kappa shape index (κ2) is 14.0. The normalized spacial score (nSPS) is 11.5. The molecule has 0 heterocycles. The van der Waals surface area contributed by atoms with Gasteiger partial charge >= 0.3 is 0 Å². The van der Waals surface area contributed by atoms with Crippen molar-refractivity contribution in [2.75, 3.05) is 17.5 Å². The summed E-state index contributed by atoms with van der Waals surface area (Å²) in [6, 6.07) is 22.3. The Bertz CT molecular complexity index is 1200. The fraction of sp³-hybridized carbons (Fsp3) is 0.296. The molecule has 10 nitrogen and oxygen atoms in total. The first-order valence-electron chi connectivity index (χ1n) is 11.9. The number of amides is 1. The average molecular weight is 539 g/mol. The van der Waals surface area contributed by atoms with Crippen molar-refractivity contribution in [3.8, 4) is 0 Å². The lowest BCUT2D eigenvalue weighted by molar-refractivity contribution is -0.763. The summed E-state index contributed by atoms with van der Waals surface area (Å²) in [5.74, 6) is -0.274. The number of benzene rings is 3. The number of anilines is 1. The van der Waals surface area contributed by atoms with Gasteiger partial charge < -0.3 is 19.3 Å². The minimum absolute atomic E-state index is 0.0397. The zero-order valence-corrected chi connectivity index (χ0v) is 22.2. The number of rotatable bonds is 14. The molecule has 0 radical (unpaired) electrons. The molecule has 3 aromatic carbocycles. The molecule has 200 valence electrons. The standard InChI is InChI=1S/C27H30N4O6S/c1-19(2)30(27(32)24-10-6-20(7-11-24)17-36-29-33)16-26(23-12-14-25(15-13-23)28-38-3)22-8-4-21(5-9-22)18-37-31(34)35/h4-15,19,26,28H,16-18H2,1-3H3. The van der Waals surface area contributed by atoms with Gasteiger partial charge in [-0.05, 0) is 60.4 Å². The van der Waals surface area contributed by atoms with E-state index in [1.807, 2.05) is 61.4 Å². The Hall–Kier alpha value is -4.12. The minimum atomic E-state index is -0.814. The van der Waals surface area contributed by atoms with Crippen LogP contribution < -0.4 is 4.72 Å². The second-order valence-corrected chi connectivity index (χ2v) is 9.43. The van der Waals surface area contributed by atoms with Gasteiger partial charge in [0.2, 0.25) is 0 Å². The summed E-state index contributed by atoms with van der Waals surface area (Å²) in [7, 11) is 0. The smallest absolute Gasteiger partial charge is 0.294 e. The molecule has 3 rings (SSSR count). The molecule has 0 aliphatic carbocycles. The van der Waals surface area contributed by atoms with Crippen LogP contribution in [0.25, 0.3) is 0 Å². The summed E-state index contributed by atoms with van der Waals surface area (Å²) >= 11 is 1.50. The molecule has 0 saturated heterocycles. The van der Waals surface area contributed by atoms with Gasteiger partial charge in [-0.1, -0.05) is 60.5 Å². The average Bonchev–Trinajstić information content (AvgIpc) is 2.92. The molecule has 0 aliphatic heterocycles. The molecule has 0 saturated carbocycles. The van der Waals surface area contributed by atoms with E-state index in [-0.39, 0.29) is 31.1 Å². The summed E-state index contributed by atoms with van der Waals surface area (Å²) in [5, 5.41) is 12.1. The van der Waals surface area contributed by atoms with Crippen molar-refractivity contribution >= 4 is 23.5 Å². The number of hydrogen-bond acceptors (Lipinski definition) is 9. The molecule has 1 atom stereocenters. The van der Waals surface area contributed by atoms with Crippen LogP contribution in [0.5, 0.6) is 0 Å². The number of carbonyl (C=O) groups is 1. The Morgan fingerprint density at radius 3 is 2.05 bits per heavy atom. The van der Waals surface area contributed by atoms with E-state index >= 15 is 0 Å². The molecule has 1 N–H and O–H groups in total. The van der Waals surface area contributed by atoms with Gasteiger partial charge in [0.05, 0.1) is 0 Å². The van der Waals surface area contributed by atoms with Crippen molar-refractivity contribution in [2.24, 2.45) is 5.34 Å². The van der Waals surface area contributed by atoms with Crippen LogP contribution in [-0.4, -0.2) is 34.7 Å². The summed E-state index contributed by atoms with van der Waals surface area (Å²) in [5.41, 5.74) is 4.89. The Balaban J connectivity index is 1.90. The van der Waals surface area contributed by atoms with Crippen LogP contribution in [0.3, 0.4) is 0 Å². The highest BCUT2D eigenvalue weighted by Gasteiger charge is 2.25. The number of nitrogens with zero attached hydrogens (tertiary/aromatic N) is 3. The van der Waals surface area contributed by atoms with Gasteiger partial charge in [-0.25, -0.2) is 0 Å². The monoisotopic (exact) mass is 538 g/mol. The van der Waals surface area contributed by atoms with Gasteiger partial charge in [-0.3, -0.25) is 4.79 Å². The zero-order chi connectivity index (χ0) is 27.5. The highest BCUT2D eigenvalue weighted by Crippen LogP contribution is 2.29. The number of carbonyl (C=O) groups excluding carboxylic acids is 1. The van der Waals surface area contributed by atoms with E-state index in [4.69, 9.17) is 0 Å². The molecule has 1 unspecified atom stereocenters. The molecule has 0 aromatic heterocycles. The van der Waals surface area contributed by atoms with Crippen LogP contribution in [0.1, 0.15) is 52.4 Å². The third-order valence-corrected chi connectivity index (χ3v) is 6.44. The van der Waals surface area contributed by atoms with E-state index in [1.54, 1.807) is 36.4 Å². The van der Waals surface area contributed by atoms with Gasteiger partial charge in [0, 0.05) is 36.0 Å². The molecule has 0 aliphatic rings. The highest BCUT2D eigenvalue weighted by atomic mass is 32.2. The predicted octanol–water partition coefficient (Wildman–Crippen LogP) is 5.97. The Morgan fingerprint density at radius 1 is 0.974 bits per heavy atom. The van der Waals surface area contributed by atoms with E-state index in [2.05, 4.69) is 19.7 Å². The van der Waals surface area contributed by atoms with Gasteiger partial charge in [0.25, 0.3) is 11.0 Å². The van der Waals surface area contributed by atoms with Gasteiger partial charge in [0.1, 0.15) is 13.2 Å². The highest BCUT2D eigenvalue weighted by molar-refractivity contribution is 7.99. The molecule has 0 fully saturated rings. The maximum Gasteiger partial charge on any atom is 0.294 e. The van der Waals surface area contributed by atoms with Crippen molar-refractivity contribution in [2.45, 2.75) is 39.0 Å². The van der Waals surface area contributed by atoms with E-state index in [9.17, 15) is 19.8 Å². The lowest BCUT2D eigenvalue weighted by Crippen LogP contribution is -2.40. The van der Waals surface area contributed by atoms with E-state index < -0.39 is 5.09 Å². The largest absolute Gasteiger partial charge is 0.359 e. The molecule has 1 amide bonds. The predicted molar refractivity (Wildman–Crippen MR) is 147 cm³/mol. The summed E-state index contributed by atoms with van der Waals surface area (Å²) in [6.07, 6.45) is 1.95. The van der Waals surface area contributed by atoms with Crippen LogP contribution in [-0.2, 0) is 22.9 Å². The zero-order valence-electron chi connectivity index (χ0n) is 21.4. The van der Waals surface area contributed by atoms with Crippen molar-refractivity contribution in [3.63, 3.8) is 0 Å². The maximum absolute atomic E-state index is 13.6. The first kappa shape index (κ1) is 28.5.